The van der Waals surface area contributed by atoms with Crippen molar-refractivity contribution in [2.24, 2.45) is 5.92 Å². The summed E-state index contributed by atoms with van der Waals surface area (Å²) in [7, 11) is 0. The van der Waals surface area contributed by atoms with Gasteiger partial charge in [-0.05, 0) is 36.8 Å². The summed E-state index contributed by atoms with van der Waals surface area (Å²) in [6, 6.07) is 6.94. The summed E-state index contributed by atoms with van der Waals surface area (Å²) in [6.07, 6.45) is 0. The van der Waals surface area contributed by atoms with Crippen molar-refractivity contribution in [3.63, 3.8) is 0 Å². The molecule has 8 heteroatoms. The molecule has 1 fully saturated rings. The molecule has 1 N–H and O–H groups in total. The van der Waals surface area contributed by atoms with E-state index in [9.17, 15) is 18.4 Å². The quantitative estimate of drug-likeness (QED) is 0.875. The van der Waals surface area contributed by atoms with Gasteiger partial charge in [-0.1, -0.05) is 0 Å². The zero-order chi connectivity index (χ0) is 19.8. The average molecular weight is 388 g/mol. The number of carbonyl (C=O) groups excluding carboxylic acids is 2. The van der Waals surface area contributed by atoms with Gasteiger partial charge in [-0.25, -0.2) is 8.78 Å². The van der Waals surface area contributed by atoms with Crippen LogP contribution in [-0.2, 0) is 4.79 Å². The first-order valence-corrected chi connectivity index (χ1v) is 8.85. The van der Waals surface area contributed by atoms with Crippen LogP contribution in [-0.4, -0.2) is 43.0 Å². The molecule has 2 aromatic rings. The van der Waals surface area contributed by atoms with Gasteiger partial charge in [0, 0.05) is 25.1 Å². The highest BCUT2D eigenvalue weighted by atomic mass is 19.1. The number of nitrogens with one attached hydrogen (secondary N) is 1. The molecule has 0 saturated carbocycles. The summed E-state index contributed by atoms with van der Waals surface area (Å²) in [5.41, 5.74) is 0.674. The maximum absolute atomic E-state index is 14.3. The van der Waals surface area contributed by atoms with Crippen LogP contribution in [0.4, 0.5) is 14.5 Å². The van der Waals surface area contributed by atoms with Gasteiger partial charge in [0.05, 0.1) is 17.9 Å². The number of rotatable bonds is 4. The van der Waals surface area contributed by atoms with Crippen molar-refractivity contribution in [1.29, 1.82) is 0 Å². The fraction of sp³-hybridized carbons (Fsp3) is 0.300. The summed E-state index contributed by atoms with van der Waals surface area (Å²) < 4.78 is 38.4. The van der Waals surface area contributed by atoms with Gasteiger partial charge in [-0.15, -0.1) is 0 Å². The minimum Gasteiger partial charge on any atom is -0.493 e. The average Bonchev–Trinajstić information content (AvgIpc) is 2.62. The Hall–Kier alpha value is -3.16. The minimum absolute atomic E-state index is 0.109. The molecular weight excluding hydrogens is 370 g/mol. The van der Waals surface area contributed by atoms with E-state index in [1.165, 1.54) is 17.0 Å². The maximum atomic E-state index is 14.3. The third-order valence-corrected chi connectivity index (χ3v) is 4.79. The summed E-state index contributed by atoms with van der Waals surface area (Å²) in [4.78, 5) is 25.5. The van der Waals surface area contributed by atoms with Gasteiger partial charge in [-0.2, -0.15) is 0 Å². The minimum atomic E-state index is -0.693. The van der Waals surface area contributed by atoms with E-state index in [1.807, 2.05) is 0 Å². The first-order chi connectivity index (χ1) is 13.4. The Morgan fingerprint density at radius 1 is 1.25 bits per heavy atom. The van der Waals surface area contributed by atoms with Crippen LogP contribution in [0.25, 0.3) is 0 Å². The lowest BCUT2D eigenvalue weighted by Crippen LogP contribution is -2.52. The molecule has 2 heterocycles. The van der Waals surface area contributed by atoms with Crippen LogP contribution in [0.3, 0.4) is 0 Å². The van der Waals surface area contributed by atoms with Crippen LogP contribution >= 0.6 is 0 Å². The van der Waals surface area contributed by atoms with Crippen molar-refractivity contribution in [2.45, 2.75) is 6.92 Å². The van der Waals surface area contributed by atoms with Crippen molar-refractivity contribution in [2.75, 3.05) is 31.6 Å². The lowest BCUT2D eigenvalue weighted by Gasteiger charge is -2.39. The summed E-state index contributed by atoms with van der Waals surface area (Å²) in [5.74, 6) is -0.900. The SMILES string of the molecule is Cc1cc(OCC2CN(C(=O)c3cc4c(cc3F)OCC(=O)N4)C2)ccc1F. The third kappa shape index (κ3) is 3.49. The van der Waals surface area contributed by atoms with E-state index in [0.717, 1.165) is 6.07 Å². The van der Waals surface area contributed by atoms with E-state index in [4.69, 9.17) is 9.47 Å². The molecule has 0 spiro atoms. The number of amides is 2. The Bertz CT molecular complexity index is 957. The molecule has 0 unspecified atom stereocenters. The number of likely N-dealkylation sites (tertiary alicyclic amines) is 1. The molecule has 0 aliphatic carbocycles. The Morgan fingerprint density at radius 2 is 2.04 bits per heavy atom. The van der Waals surface area contributed by atoms with Gasteiger partial charge in [0.25, 0.3) is 11.8 Å². The number of hydrogen-bond acceptors (Lipinski definition) is 4. The molecule has 0 radical (unpaired) electrons. The largest absolute Gasteiger partial charge is 0.493 e. The van der Waals surface area contributed by atoms with Gasteiger partial charge in [0.15, 0.2) is 6.61 Å². The molecule has 4 rings (SSSR count). The zero-order valence-electron chi connectivity index (χ0n) is 15.1. The Morgan fingerprint density at radius 3 is 2.79 bits per heavy atom. The number of fused-ring (bicyclic) bond motifs is 1. The number of benzene rings is 2. The summed E-state index contributed by atoms with van der Waals surface area (Å²) in [5, 5.41) is 2.57. The second kappa shape index (κ2) is 7.10. The molecule has 2 aliphatic rings. The molecule has 146 valence electrons. The molecule has 2 amide bonds. The number of ether oxygens (including phenoxy) is 2. The molecule has 0 atom stereocenters. The Balaban J connectivity index is 1.35. The van der Waals surface area contributed by atoms with E-state index in [-0.39, 0.29) is 41.2 Å². The lowest BCUT2D eigenvalue weighted by atomic mass is 9.99. The summed E-state index contributed by atoms with van der Waals surface area (Å²) in [6.45, 7) is 2.72. The Labute approximate surface area is 160 Å². The van der Waals surface area contributed by atoms with E-state index >= 15 is 0 Å². The first-order valence-electron chi connectivity index (χ1n) is 8.85. The van der Waals surface area contributed by atoms with Crippen molar-refractivity contribution in [1.82, 2.24) is 4.90 Å². The van der Waals surface area contributed by atoms with Crippen LogP contribution in [0.2, 0.25) is 0 Å². The van der Waals surface area contributed by atoms with E-state index < -0.39 is 11.7 Å². The van der Waals surface area contributed by atoms with Crippen molar-refractivity contribution in [3.05, 3.63) is 53.1 Å². The molecular formula is C20H18F2N2O4. The predicted octanol–water partition coefficient (Wildman–Crippen LogP) is 2.76. The second-order valence-corrected chi connectivity index (χ2v) is 6.96. The smallest absolute Gasteiger partial charge is 0.262 e. The van der Waals surface area contributed by atoms with Gasteiger partial charge >= 0.3 is 0 Å². The van der Waals surface area contributed by atoms with Crippen LogP contribution < -0.4 is 14.8 Å². The van der Waals surface area contributed by atoms with Crippen LogP contribution in [0.15, 0.2) is 30.3 Å². The van der Waals surface area contributed by atoms with E-state index in [0.29, 0.717) is 31.0 Å². The standard InChI is InChI=1S/C20H18F2N2O4/c1-11-4-13(2-3-15(11)21)27-9-12-7-24(8-12)20(26)14-5-17-18(6-16(14)22)28-10-19(25)23-17/h2-6,12H,7-10H2,1H3,(H,23,25). The normalized spacial score (nSPS) is 16.0. The van der Waals surface area contributed by atoms with Crippen LogP contribution in [0.1, 0.15) is 15.9 Å². The molecule has 28 heavy (non-hydrogen) atoms. The van der Waals surface area contributed by atoms with Gasteiger partial charge in [0.2, 0.25) is 0 Å². The van der Waals surface area contributed by atoms with Crippen molar-refractivity contribution < 1.29 is 27.8 Å². The number of carbonyl (C=O) groups is 2. The number of aryl methyl sites for hydroxylation is 1. The zero-order valence-corrected chi connectivity index (χ0v) is 15.1. The van der Waals surface area contributed by atoms with Crippen molar-refractivity contribution >= 4 is 17.5 Å². The molecule has 2 aromatic carbocycles. The number of halogens is 2. The first kappa shape index (κ1) is 18.2. The highest BCUT2D eigenvalue weighted by molar-refractivity contribution is 6.00. The highest BCUT2D eigenvalue weighted by Gasteiger charge is 2.33. The topological polar surface area (TPSA) is 67.9 Å². The highest BCUT2D eigenvalue weighted by Crippen LogP contribution is 2.32. The maximum Gasteiger partial charge on any atom is 0.262 e. The number of nitrogens with zero attached hydrogens (tertiary/aromatic N) is 1. The summed E-state index contributed by atoms with van der Waals surface area (Å²) >= 11 is 0. The fourth-order valence-corrected chi connectivity index (χ4v) is 3.20. The van der Waals surface area contributed by atoms with Gasteiger partial charge in [0.1, 0.15) is 23.1 Å². The molecule has 0 aromatic heterocycles. The van der Waals surface area contributed by atoms with Crippen LogP contribution in [0, 0.1) is 24.5 Å². The Kier molecular flexibility index (Phi) is 4.62. The second-order valence-electron chi connectivity index (χ2n) is 6.96. The molecule has 1 saturated heterocycles. The van der Waals surface area contributed by atoms with Crippen molar-refractivity contribution in [3.8, 4) is 11.5 Å². The third-order valence-electron chi connectivity index (χ3n) is 4.79. The molecule has 0 bridgehead atoms. The number of anilines is 1. The van der Waals surface area contributed by atoms with Gasteiger partial charge < -0.3 is 19.7 Å². The van der Waals surface area contributed by atoms with E-state index in [2.05, 4.69) is 5.32 Å². The fourth-order valence-electron chi connectivity index (χ4n) is 3.20. The molecule has 6 nitrogen and oxygen atoms in total. The number of hydrogen-bond donors (Lipinski definition) is 1. The monoisotopic (exact) mass is 388 g/mol. The van der Waals surface area contributed by atoms with Gasteiger partial charge in [-0.3, -0.25) is 9.59 Å². The van der Waals surface area contributed by atoms with E-state index in [1.54, 1.807) is 19.1 Å². The lowest BCUT2D eigenvalue weighted by molar-refractivity contribution is -0.118. The predicted molar refractivity (Wildman–Crippen MR) is 96.6 cm³/mol. The van der Waals surface area contributed by atoms with Crippen LogP contribution in [0.5, 0.6) is 11.5 Å². The molecule has 2 aliphatic heterocycles.